The molecule has 8 heteroatoms. The van der Waals surface area contributed by atoms with Crippen LogP contribution in [0.15, 0.2) is 18.2 Å². The first kappa shape index (κ1) is 18.8. The van der Waals surface area contributed by atoms with Crippen molar-refractivity contribution in [3.63, 3.8) is 0 Å². The normalized spacial score (nSPS) is 12.4. The van der Waals surface area contributed by atoms with Gasteiger partial charge >= 0.3 is 18.1 Å². The number of hydrogen-bond acceptors (Lipinski definition) is 5. The van der Waals surface area contributed by atoms with Gasteiger partial charge in [-0.05, 0) is 31.5 Å². The van der Waals surface area contributed by atoms with Crippen LogP contribution in [-0.2, 0) is 14.3 Å². The zero-order valence-electron chi connectivity index (χ0n) is 12.9. The second-order valence-electron chi connectivity index (χ2n) is 4.80. The molecule has 0 saturated carbocycles. The summed E-state index contributed by atoms with van der Waals surface area (Å²) in [5.41, 5.74) is 0.826. The zero-order chi connectivity index (χ0) is 17.6. The Morgan fingerprint density at radius 3 is 2.30 bits per heavy atom. The van der Waals surface area contributed by atoms with Crippen LogP contribution in [0.5, 0.6) is 11.5 Å². The molecule has 0 N–H and O–H groups in total. The van der Waals surface area contributed by atoms with Crippen molar-refractivity contribution in [2.75, 3.05) is 7.11 Å². The van der Waals surface area contributed by atoms with Crippen LogP contribution in [0.2, 0.25) is 0 Å². The number of hydrogen-bond donors (Lipinski definition) is 0. The van der Waals surface area contributed by atoms with Crippen LogP contribution in [0.4, 0.5) is 13.2 Å². The molecule has 5 nitrogen and oxygen atoms in total. The van der Waals surface area contributed by atoms with Gasteiger partial charge in [-0.15, -0.1) is 0 Å². The van der Waals surface area contributed by atoms with Crippen LogP contribution in [0.1, 0.15) is 25.3 Å². The van der Waals surface area contributed by atoms with Gasteiger partial charge in [0, 0.05) is 0 Å². The summed E-state index contributed by atoms with van der Waals surface area (Å²) in [5.74, 6) is -1.39. The Labute approximate surface area is 131 Å². The molecule has 0 aliphatic heterocycles. The molecule has 128 valence electrons. The number of benzene rings is 1. The SMILES string of the molecule is COc1ccc(C)cc1OC(=O)CCC(=O)OC(C)C(F)(F)F. The van der Waals surface area contributed by atoms with Gasteiger partial charge in [0.05, 0.1) is 20.0 Å². The Morgan fingerprint density at radius 1 is 1.13 bits per heavy atom. The van der Waals surface area contributed by atoms with Crippen molar-refractivity contribution in [3.05, 3.63) is 23.8 Å². The average molecular weight is 334 g/mol. The lowest BCUT2D eigenvalue weighted by molar-refractivity contribution is -0.216. The molecule has 0 bridgehead atoms. The summed E-state index contributed by atoms with van der Waals surface area (Å²) >= 11 is 0. The van der Waals surface area contributed by atoms with Crippen molar-refractivity contribution in [2.24, 2.45) is 0 Å². The van der Waals surface area contributed by atoms with E-state index in [0.29, 0.717) is 12.7 Å². The first-order valence-corrected chi connectivity index (χ1v) is 6.75. The second kappa shape index (κ2) is 7.85. The van der Waals surface area contributed by atoms with E-state index in [9.17, 15) is 22.8 Å². The Morgan fingerprint density at radius 2 is 1.74 bits per heavy atom. The summed E-state index contributed by atoms with van der Waals surface area (Å²) in [6, 6.07) is 4.93. The van der Waals surface area contributed by atoms with Gasteiger partial charge in [-0.2, -0.15) is 13.2 Å². The van der Waals surface area contributed by atoms with Gasteiger partial charge in [-0.3, -0.25) is 9.59 Å². The minimum atomic E-state index is -4.63. The molecule has 0 aromatic heterocycles. The molecule has 1 aromatic carbocycles. The summed E-state index contributed by atoms with van der Waals surface area (Å²) in [6.07, 6.45) is -7.76. The monoisotopic (exact) mass is 334 g/mol. The maximum atomic E-state index is 12.2. The number of esters is 2. The lowest BCUT2D eigenvalue weighted by Gasteiger charge is -2.16. The van der Waals surface area contributed by atoms with Crippen LogP contribution in [-0.4, -0.2) is 31.3 Å². The fraction of sp³-hybridized carbons (Fsp3) is 0.467. The summed E-state index contributed by atoms with van der Waals surface area (Å²) in [7, 11) is 1.40. The largest absolute Gasteiger partial charge is 0.493 e. The molecule has 1 atom stereocenters. The number of carbonyl (C=O) groups is 2. The fourth-order valence-corrected chi connectivity index (χ4v) is 1.56. The lowest BCUT2D eigenvalue weighted by Crippen LogP contribution is -2.31. The summed E-state index contributed by atoms with van der Waals surface area (Å²) in [5, 5.41) is 0. The standard InChI is InChI=1S/C15H17F3O5/c1-9-4-5-11(21-3)12(8-9)23-14(20)7-6-13(19)22-10(2)15(16,17)18/h4-5,8,10H,6-7H2,1-3H3. The van der Waals surface area contributed by atoms with Gasteiger partial charge in [0.25, 0.3) is 0 Å². The van der Waals surface area contributed by atoms with Crippen LogP contribution in [0.3, 0.4) is 0 Å². The summed E-state index contributed by atoms with van der Waals surface area (Å²) < 4.78 is 51.0. The quantitative estimate of drug-likeness (QED) is 0.591. The first-order valence-electron chi connectivity index (χ1n) is 6.75. The van der Waals surface area contributed by atoms with Crippen molar-refractivity contribution in [1.82, 2.24) is 0 Å². The highest BCUT2D eigenvalue weighted by molar-refractivity contribution is 5.79. The average Bonchev–Trinajstić information content (AvgIpc) is 2.44. The highest BCUT2D eigenvalue weighted by Gasteiger charge is 2.39. The number of methoxy groups -OCH3 is 1. The molecule has 0 aliphatic carbocycles. The Hall–Kier alpha value is -2.25. The van der Waals surface area contributed by atoms with E-state index in [1.54, 1.807) is 25.1 Å². The molecular formula is C15H17F3O5. The third-order valence-corrected chi connectivity index (χ3v) is 2.85. The van der Waals surface area contributed by atoms with Crippen molar-refractivity contribution in [1.29, 1.82) is 0 Å². The third-order valence-electron chi connectivity index (χ3n) is 2.85. The van der Waals surface area contributed by atoms with Crippen LogP contribution >= 0.6 is 0 Å². The maximum absolute atomic E-state index is 12.2. The lowest BCUT2D eigenvalue weighted by atomic mass is 10.2. The van der Waals surface area contributed by atoms with E-state index in [1.165, 1.54) is 7.11 Å². The summed E-state index contributed by atoms with van der Waals surface area (Å²) in [4.78, 5) is 23.0. The molecular weight excluding hydrogens is 317 g/mol. The Kier molecular flexibility index (Phi) is 6.41. The highest BCUT2D eigenvalue weighted by Crippen LogP contribution is 2.28. The number of carbonyl (C=O) groups excluding carboxylic acids is 2. The number of ether oxygens (including phenoxy) is 3. The van der Waals surface area contributed by atoms with E-state index in [2.05, 4.69) is 4.74 Å². The first-order chi connectivity index (χ1) is 10.6. The van der Waals surface area contributed by atoms with Gasteiger partial charge in [0.15, 0.2) is 17.6 Å². The van der Waals surface area contributed by atoms with E-state index in [-0.39, 0.29) is 5.75 Å². The predicted octanol–water partition coefficient (Wildman–Crippen LogP) is 3.18. The molecule has 1 rings (SSSR count). The van der Waals surface area contributed by atoms with Crippen LogP contribution < -0.4 is 9.47 Å². The molecule has 0 fully saturated rings. The molecule has 0 amide bonds. The number of rotatable bonds is 6. The zero-order valence-corrected chi connectivity index (χ0v) is 12.9. The van der Waals surface area contributed by atoms with Gasteiger partial charge < -0.3 is 14.2 Å². The van der Waals surface area contributed by atoms with E-state index in [0.717, 1.165) is 5.56 Å². The van der Waals surface area contributed by atoms with E-state index < -0.39 is 37.1 Å². The summed E-state index contributed by atoms with van der Waals surface area (Å²) in [6.45, 7) is 2.50. The molecule has 1 unspecified atom stereocenters. The van der Waals surface area contributed by atoms with E-state index >= 15 is 0 Å². The number of alkyl halides is 3. The molecule has 0 aliphatic rings. The van der Waals surface area contributed by atoms with Crippen molar-refractivity contribution in [2.45, 2.75) is 39.0 Å². The molecule has 0 spiro atoms. The minimum absolute atomic E-state index is 0.175. The Balaban J connectivity index is 2.52. The van der Waals surface area contributed by atoms with Crippen molar-refractivity contribution >= 4 is 11.9 Å². The van der Waals surface area contributed by atoms with E-state index in [4.69, 9.17) is 9.47 Å². The fourth-order valence-electron chi connectivity index (χ4n) is 1.56. The van der Waals surface area contributed by atoms with Crippen LogP contribution in [0, 0.1) is 6.92 Å². The number of halogens is 3. The molecule has 1 aromatic rings. The molecule has 0 heterocycles. The van der Waals surface area contributed by atoms with Crippen LogP contribution in [0.25, 0.3) is 0 Å². The van der Waals surface area contributed by atoms with E-state index in [1.807, 2.05) is 0 Å². The van der Waals surface area contributed by atoms with Crippen molar-refractivity contribution < 1.29 is 37.0 Å². The van der Waals surface area contributed by atoms with Gasteiger partial charge in [-0.1, -0.05) is 6.07 Å². The van der Waals surface area contributed by atoms with Gasteiger partial charge in [-0.25, -0.2) is 0 Å². The highest BCUT2D eigenvalue weighted by atomic mass is 19.4. The smallest absolute Gasteiger partial charge is 0.425 e. The maximum Gasteiger partial charge on any atom is 0.425 e. The number of aryl methyl sites for hydroxylation is 1. The minimum Gasteiger partial charge on any atom is -0.493 e. The molecule has 0 radical (unpaired) electrons. The predicted molar refractivity (Wildman–Crippen MR) is 74.2 cm³/mol. The Bertz CT molecular complexity index is 569. The molecule has 0 saturated heterocycles. The second-order valence-corrected chi connectivity index (χ2v) is 4.80. The van der Waals surface area contributed by atoms with Crippen molar-refractivity contribution in [3.8, 4) is 11.5 Å². The third kappa shape index (κ3) is 6.17. The topological polar surface area (TPSA) is 61.8 Å². The molecule has 23 heavy (non-hydrogen) atoms. The van der Waals surface area contributed by atoms with Gasteiger partial charge in [0.1, 0.15) is 0 Å². The van der Waals surface area contributed by atoms with Gasteiger partial charge in [0.2, 0.25) is 0 Å².